The first kappa shape index (κ1) is 16.7. The van der Waals surface area contributed by atoms with Crippen LogP contribution >= 0.6 is 0 Å². The second kappa shape index (κ2) is 6.65. The van der Waals surface area contributed by atoms with E-state index in [0.29, 0.717) is 11.4 Å². The van der Waals surface area contributed by atoms with Crippen molar-refractivity contribution in [3.8, 4) is 0 Å². The molecule has 0 spiro atoms. The van der Waals surface area contributed by atoms with Gasteiger partial charge in [-0.05, 0) is 69.0 Å². The zero-order chi connectivity index (χ0) is 17.1. The highest BCUT2D eigenvalue weighted by Crippen LogP contribution is 2.22. The van der Waals surface area contributed by atoms with Crippen molar-refractivity contribution in [2.75, 3.05) is 10.6 Å². The number of hydrogen-bond donors (Lipinski definition) is 2. The van der Waals surface area contributed by atoms with Crippen LogP contribution in [0.4, 0.5) is 11.4 Å². The van der Waals surface area contributed by atoms with Crippen molar-refractivity contribution in [1.29, 1.82) is 0 Å². The van der Waals surface area contributed by atoms with Crippen LogP contribution in [0.5, 0.6) is 0 Å². The minimum Gasteiger partial charge on any atom is -0.318 e. The number of benzene rings is 2. The number of rotatable bonds is 2. The van der Waals surface area contributed by atoms with Crippen molar-refractivity contribution < 1.29 is 9.59 Å². The van der Waals surface area contributed by atoms with Gasteiger partial charge in [-0.15, -0.1) is 0 Å². The monoisotopic (exact) mass is 310 g/mol. The van der Waals surface area contributed by atoms with Crippen molar-refractivity contribution in [2.24, 2.45) is 0 Å². The molecule has 2 rings (SSSR count). The summed E-state index contributed by atoms with van der Waals surface area (Å²) in [6, 6.07) is 9.63. The van der Waals surface area contributed by atoms with Crippen LogP contribution in [0.2, 0.25) is 0 Å². The van der Waals surface area contributed by atoms with Crippen molar-refractivity contribution in [2.45, 2.75) is 34.6 Å². The van der Waals surface area contributed by atoms with E-state index >= 15 is 0 Å². The first-order valence-corrected chi connectivity index (χ1v) is 7.54. The Kier molecular flexibility index (Phi) is 4.84. The quantitative estimate of drug-likeness (QED) is 0.829. The topological polar surface area (TPSA) is 58.2 Å². The first-order valence-electron chi connectivity index (χ1n) is 7.54. The van der Waals surface area contributed by atoms with Crippen molar-refractivity contribution in [1.82, 2.24) is 0 Å². The maximum Gasteiger partial charge on any atom is 0.314 e. The van der Waals surface area contributed by atoms with E-state index in [1.165, 1.54) is 0 Å². The number of hydrogen-bond acceptors (Lipinski definition) is 2. The van der Waals surface area contributed by atoms with Crippen LogP contribution in [0.25, 0.3) is 0 Å². The van der Waals surface area contributed by atoms with Gasteiger partial charge in [0, 0.05) is 11.4 Å². The molecule has 2 aromatic rings. The minimum absolute atomic E-state index is 0.625. The molecule has 4 nitrogen and oxygen atoms in total. The average molecular weight is 310 g/mol. The van der Waals surface area contributed by atoms with Gasteiger partial charge in [0.25, 0.3) is 0 Å². The van der Waals surface area contributed by atoms with Crippen LogP contribution < -0.4 is 10.6 Å². The zero-order valence-corrected chi connectivity index (χ0v) is 14.2. The van der Waals surface area contributed by atoms with Crippen molar-refractivity contribution in [3.63, 3.8) is 0 Å². The maximum atomic E-state index is 12.2. The summed E-state index contributed by atoms with van der Waals surface area (Å²) >= 11 is 0. The zero-order valence-electron chi connectivity index (χ0n) is 14.2. The minimum atomic E-state index is -0.672. The average Bonchev–Trinajstić information content (AvgIpc) is 2.41. The molecule has 4 heteroatoms. The van der Waals surface area contributed by atoms with Crippen LogP contribution in [-0.2, 0) is 9.59 Å². The Hall–Kier alpha value is -2.62. The van der Waals surface area contributed by atoms with E-state index in [4.69, 9.17) is 0 Å². The number of aryl methyl sites for hydroxylation is 5. The molecule has 0 aliphatic rings. The molecule has 0 aromatic heterocycles. The summed E-state index contributed by atoms with van der Waals surface area (Å²) in [7, 11) is 0. The molecule has 2 N–H and O–H groups in total. The summed E-state index contributed by atoms with van der Waals surface area (Å²) in [5, 5.41) is 5.35. The summed E-state index contributed by atoms with van der Waals surface area (Å²) in [6.07, 6.45) is 0. The summed E-state index contributed by atoms with van der Waals surface area (Å²) in [5.74, 6) is -1.34. The Morgan fingerprint density at radius 1 is 0.652 bits per heavy atom. The van der Waals surface area contributed by atoms with Gasteiger partial charge in [0.15, 0.2) is 0 Å². The van der Waals surface area contributed by atoms with Gasteiger partial charge >= 0.3 is 11.8 Å². The molecule has 2 amide bonds. The number of carbonyl (C=O) groups excluding carboxylic acids is 2. The van der Waals surface area contributed by atoms with Gasteiger partial charge in [-0.2, -0.15) is 0 Å². The molecule has 0 fully saturated rings. The van der Waals surface area contributed by atoms with Gasteiger partial charge in [-0.1, -0.05) is 23.8 Å². The van der Waals surface area contributed by atoms with Gasteiger partial charge in [-0.3, -0.25) is 9.59 Å². The van der Waals surface area contributed by atoms with Gasteiger partial charge in [0.2, 0.25) is 0 Å². The standard InChI is InChI=1S/C19H22N2O2/c1-11-6-12(2)10-16(9-11)20-18(22)19(23)21-17-14(4)7-13(3)8-15(17)5/h6-10H,1-5H3,(H,20,22)(H,21,23). The molecule has 0 heterocycles. The smallest absolute Gasteiger partial charge is 0.314 e. The predicted molar refractivity (Wildman–Crippen MR) is 93.8 cm³/mol. The van der Waals surface area contributed by atoms with E-state index in [-0.39, 0.29) is 0 Å². The number of anilines is 2. The van der Waals surface area contributed by atoms with Gasteiger partial charge in [-0.25, -0.2) is 0 Å². The molecule has 0 atom stereocenters. The van der Waals surface area contributed by atoms with E-state index < -0.39 is 11.8 Å². The number of carbonyl (C=O) groups is 2. The van der Waals surface area contributed by atoms with Crippen LogP contribution in [0.15, 0.2) is 30.3 Å². The first-order chi connectivity index (χ1) is 10.8. The lowest BCUT2D eigenvalue weighted by Crippen LogP contribution is -2.29. The summed E-state index contributed by atoms with van der Waals surface area (Å²) in [5.41, 5.74) is 6.39. The normalized spacial score (nSPS) is 10.3. The molecule has 120 valence electrons. The van der Waals surface area contributed by atoms with E-state index in [9.17, 15) is 9.59 Å². The Morgan fingerprint density at radius 2 is 1.09 bits per heavy atom. The molecule has 2 aromatic carbocycles. The lowest BCUT2D eigenvalue weighted by molar-refractivity contribution is -0.133. The molecule has 0 aliphatic carbocycles. The Labute approximate surface area is 136 Å². The van der Waals surface area contributed by atoms with Crippen molar-refractivity contribution in [3.05, 3.63) is 58.1 Å². The second-order valence-corrected chi connectivity index (χ2v) is 6.06. The summed E-state index contributed by atoms with van der Waals surface area (Å²) in [4.78, 5) is 24.3. The van der Waals surface area contributed by atoms with Crippen LogP contribution in [0.3, 0.4) is 0 Å². The fourth-order valence-corrected chi connectivity index (χ4v) is 2.78. The van der Waals surface area contributed by atoms with E-state index in [1.54, 1.807) is 0 Å². The Balaban J connectivity index is 2.13. The molecular formula is C19H22N2O2. The fourth-order valence-electron chi connectivity index (χ4n) is 2.78. The fraction of sp³-hybridized carbons (Fsp3) is 0.263. The highest BCUT2D eigenvalue weighted by molar-refractivity contribution is 6.43. The molecule has 0 radical (unpaired) electrons. The molecule has 0 unspecified atom stereocenters. The molecular weight excluding hydrogens is 288 g/mol. The van der Waals surface area contributed by atoms with Gasteiger partial charge in [0.05, 0.1) is 0 Å². The lowest BCUT2D eigenvalue weighted by atomic mass is 10.1. The third-order valence-electron chi connectivity index (χ3n) is 3.60. The molecule has 23 heavy (non-hydrogen) atoms. The maximum absolute atomic E-state index is 12.2. The highest BCUT2D eigenvalue weighted by Gasteiger charge is 2.16. The van der Waals surface area contributed by atoms with Crippen molar-refractivity contribution >= 4 is 23.2 Å². The Morgan fingerprint density at radius 3 is 1.61 bits per heavy atom. The van der Waals surface area contributed by atoms with Crippen LogP contribution in [-0.4, -0.2) is 11.8 Å². The van der Waals surface area contributed by atoms with E-state index in [2.05, 4.69) is 10.6 Å². The van der Waals surface area contributed by atoms with Crippen LogP contribution in [0, 0.1) is 34.6 Å². The predicted octanol–water partition coefficient (Wildman–Crippen LogP) is 3.81. The highest BCUT2D eigenvalue weighted by atomic mass is 16.2. The SMILES string of the molecule is Cc1cc(C)cc(NC(=O)C(=O)Nc2c(C)cc(C)cc2C)c1. The molecule has 0 aliphatic heterocycles. The summed E-state index contributed by atoms with van der Waals surface area (Å²) in [6.45, 7) is 9.72. The third-order valence-corrected chi connectivity index (χ3v) is 3.60. The number of amides is 2. The molecule has 0 bridgehead atoms. The molecule has 0 saturated carbocycles. The van der Waals surface area contributed by atoms with Gasteiger partial charge < -0.3 is 10.6 Å². The third kappa shape index (κ3) is 4.19. The summed E-state index contributed by atoms with van der Waals surface area (Å²) < 4.78 is 0. The Bertz CT molecular complexity index is 736. The van der Waals surface area contributed by atoms with E-state index in [0.717, 1.165) is 27.8 Å². The number of nitrogens with one attached hydrogen (secondary N) is 2. The van der Waals surface area contributed by atoms with E-state index in [1.807, 2.05) is 65.0 Å². The van der Waals surface area contributed by atoms with Crippen LogP contribution in [0.1, 0.15) is 27.8 Å². The lowest BCUT2D eigenvalue weighted by Gasteiger charge is -2.13. The molecule has 0 saturated heterocycles. The van der Waals surface area contributed by atoms with Gasteiger partial charge in [0.1, 0.15) is 0 Å². The second-order valence-electron chi connectivity index (χ2n) is 6.06. The largest absolute Gasteiger partial charge is 0.318 e.